The van der Waals surface area contributed by atoms with Gasteiger partial charge in [-0.25, -0.2) is 0 Å². The van der Waals surface area contributed by atoms with Crippen LogP contribution < -0.4 is 0 Å². The summed E-state index contributed by atoms with van der Waals surface area (Å²) in [7, 11) is 0. The van der Waals surface area contributed by atoms with Crippen LogP contribution in [0.1, 0.15) is 62.3 Å². The monoisotopic (exact) mass is 381 g/mol. The molecule has 0 aromatic heterocycles. The van der Waals surface area contributed by atoms with E-state index in [0.29, 0.717) is 19.5 Å². The van der Waals surface area contributed by atoms with Crippen LogP contribution in [0.4, 0.5) is 0 Å². The van der Waals surface area contributed by atoms with E-state index in [4.69, 9.17) is 9.57 Å². The fraction of sp³-hybridized carbons (Fsp3) is 0.458. The zero-order valence-corrected chi connectivity index (χ0v) is 17.0. The van der Waals surface area contributed by atoms with Crippen molar-refractivity contribution in [1.82, 2.24) is 5.06 Å². The van der Waals surface area contributed by atoms with Crippen LogP contribution in [-0.2, 0) is 20.8 Å². The van der Waals surface area contributed by atoms with Crippen LogP contribution in [0, 0.1) is 0 Å². The Morgan fingerprint density at radius 3 is 2.25 bits per heavy atom. The first kappa shape index (κ1) is 20.6. The molecule has 0 radical (unpaired) electrons. The summed E-state index contributed by atoms with van der Waals surface area (Å²) >= 11 is 0. The van der Waals surface area contributed by atoms with Crippen molar-refractivity contribution in [3.05, 3.63) is 71.3 Å². The maximum absolute atomic E-state index is 11.5. The van der Waals surface area contributed by atoms with E-state index < -0.39 is 0 Å². The van der Waals surface area contributed by atoms with Gasteiger partial charge in [-0.1, -0.05) is 74.9 Å². The molecular formula is C24H31NO3. The molecule has 0 aliphatic carbocycles. The Labute approximate surface area is 168 Å². The maximum Gasteiger partial charge on any atom is 0.324 e. The lowest BCUT2D eigenvalue weighted by atomic mass is 9.98. The van der Waals surface area contributed by atoms with Gasteiger partial charge in [-0.05, 0) is 36.0 Å². The summed E-state index contributed by atoms with van der Waals surface area (Å²) in [5, 5.41) is 1.77. The van der Waals surface area contributed by atoms with Crippen LogP contribution in [0.15, 0.2) is 54.6 Å². The molecule has 150 valence electrons. The number of carbonyl (C=O) groups is 1. The van der Waals surface area contributed by atoms with E-state index in [1.54, 1.807) is 5.06 Å². The first-order chi connectivity index (χ1) is 13.7. The lowest BCUT2D eigenvalue weighted by Gasteiger charge is -2.33. The molecule has 1 aliphatic heterocycles. The lowest BCUT2D eigenvalue weighted by molar-refractivity contribution is -0.201. The van der Waals surface area contributed by atoms with Gasteiger partial charge in [0.25, 0.3) is 0 Å². The maximum atomic E-state index is 11.5. The van der Waals surface area contributed by atoms with Crippen LogP contribution in [-0.4, -0.2) is 30.2 Å². The van der Waals surface area contributed by atoms with E-state index in [1.165, 1.54) is 16.7 Å². The smallest absolute Gasteiger partial charge is 0.324 e. The molecule has 1 aliphatic rings. The fourth-order valence-electron chi connectivity index (χ4n) is 3.59. The number of piperidine rings is 1. The summed E-state index contributed by atoms with van der Waals surface area (Å²) in [6.45, 7) is 5.45. The van der Waals surface area contributed by atoms with Gasteiger partial charge in [0.2, 0.25) is 0 Å². The Bertz CT molecular complexity index is 721. The normalized spacial score (nSPS) is 16.6. The topological polar surface area (TPSA) is 38.8 Å². The first-order valence-corrected chi connectivity index (χ1v) is 10.4. The quantitative estimate of drug-likeness (QED) is 0.639. The van der Waals surface area contributed by atoms with Crippen LogP contribution in [0.25, 0.3) is 0 Å². The number of carbonyl (C=O) groups excluding carboxylic acids is 1. The average Bonchev–Trinajstić information content (AvgIpc) is 2.74. The number of aryl methyl sites for hydroxylation is 1. The number of rotatable bonds is 8. The molecule has 1 fully saturated rings. The Hall–Kier alpha value is -2.17. The predicted octanol–water partition coefficient (Wildman–Crippen LogP) is 5.08. The summed E-state index contributed by atoms with van der Waals surface area (Å²) in [5.74, 6) is -0.173. The molecule has 1 unspecified atom stereocenters. The van der Waals surface area contributed by atoms with Crippen LogP contribution in [0.5, 0.6) is 0 Å². The second kappa shape index (κ2) is 10.4. The largest absolute Gasteiger partial charge is 0.368 e. The summed E-state index contributed by atoms with van der Waals surface area (Å²) in [4.78, 5) is 16.8. The predicted molar refractivity (Wildman–Crippen MR) is 111 cm³/mol. The second-order valence-corrected chi connectivity index (χ2v) is 7.36. The number of hydroxylamine groups is 2. The molecule has 1 heterocycles. The summed E-state index contributed by atoms with van der Waals surface area (Å²) < 4.78 is 6.58. The van der Waals surface area contributed by atoms with E-state index in [-0.39, 0.29) is 18.2 Å². The zero-order valence-electron chi connectivity index (χ0n) is 17.0. The minimum Gasteiger partial charge on any atom is -0.368 e. The van der Waals surface area contributed by atoms with E-state index in [2.05, 4.69) is 55.5 Å². The highest BCUT2D eigenvalue weighted by atomic mass is 16.7. The molecule has 2 aromatic rings. The van der Waals surface area contributed by atoms with Crippen LogP contribution in [0.3, 0.4) is 0 Å². The molecule has 28 heavy (non-hydrogen) atoms. The average molecular weight is 382 g/mol. The van der Waals surface area contributed by atoms with Gasteiger partial charge in [0, 0.05) is 19.5 Å². The van der Waals surface area contributed by atoms with Gasteiger partial charge >= 0.3 is 5.97 Å². The Balaban J connectivity index is 1.68. The summed E-state index contributed by atoms with van der Waals surface area (Å²) in [6.07, 6.45) is 4.44. The third-order valence-electron chi connectivity index (χ3n) is 5.17. The number of hydrogen-bond acceptors (Lipinski definition) is 4. The van der Waals surface area contributed by atoms with Gasteiger partial charge < -0.3 is 9.57 Å². The van der Waals surface area contributed by atoms with Gasteiger partial charge in [0.15, 0.2) is 0 Å². The molecule has 4 nitrogen and oxygen atoms in total. The molecule has 3 rings (SSSR count). The Kier molecular flexibility index (Phi) is 7.63. The number of hydrogen-bond donors (Lipinski definition) is 0. The molecule has 0 amide bonds. The summed E-state index contributed by atoms with van der Waals surface area (Å²) in [5.41, 5.74) is 3.72. The van der Waals surface area contributed by atoms with Crippen molar-refractivity contribution >= 4 is 5.97 Å². The molecular weight excluding hydrogens is 350 g/mol. The highest BCUT2D eigenvalue weighted by molar-refractivity contribution is 5.68. The molecule has 2 aromatic carbocycles. The highest BCUT2D eigenvalue weighted by Crippen LogP contribution is 2.30. The number of ether oxygens (including phenoxy) is 1. The van der Waals surface area contributed by atoms with Gasteiger partial charge in [0.1, 0.15) is 6.10 Å². The molecule has 0 bridgehead atoms. The second-order valence-electron chi connectivity index (χ2n) is 7.36. The molecule has 0 saturated carbocycles. The number of nitrogens with zero attached hydrogens (tertiary/aromatic N) is 1. The van der Waals surface area contributed by atoms with Crippen molar-refractivity contribution < 1.29 is 14.4 Å². The van der Waals surface area contributed by atoms with E-state index >= 15 is 0 Å². The first-order valence-electron chi connectivity index (χ1n) is 10.4. The highest BCUT2D eigenvalue weighted by Gasteiger charge is 2.26. The summed E-state index contributed by atoms with van der Waals surface area (Å²) in [6, 6.07) is 19.2. The van der Waals surface area contributed by atoms with Crippen molar-refractivity contribution in [2.24, 2.45) is 0 Å². The van der Waals surface area contributed by atoms with Crippen molar-refractivity contribution in [2.75, 3.05) is 13.1 Å². The molecule has 0 spiro atoms. The minimum absolute atomic E-state index is 0.0772. The standard InChI is InChI=1S/C24H31NO3/c1-3-8-19-11-13-21(14-12-19)24(20-9-6-5-7-10-20)27-22-15-17-25(18-16-22)28-23(26)4-2/h5-7,9-14,22,24H,3-4,8,15-18H2,1-2H3. The molecule has 4 heteroatoms. The van der Waals surface area contributed by atoms with Crippen molar-refractivity contribution in [3.63, 3.8) is 0 Å². The molecule has 0 N–H and O–H groups in total. The van der Waals surface area contributed by atoms with Gasteiger partial charge in [-0.2, -0.15) is 0 Å². The van der Waals surface area contributed by atoms with Crippen molar-refractivity contribution in [1.29, 1.82) is 0 Å². The van der Waals surface area contributed by atoms with E-state index in [9.17, 15) is 4.79 Å². The van der Waals surface area contributed by atoms with Crippen LogP contribution >= 0.6 is 0 Å². The Morgan fingerprint density at radius 1 is 1.00 bits per heavy atom. The molecule has 1 atom stereocenters. The van der Waals surface area contributed by atoms with Crippen molar-refractivity contribution in [3.8, 4) is 0 Å². The Morgan fingerprint density at radius 2 is 1.64 bits per heavy atom. The van der Waals surface area contributed by atoms with Gasteiger partial charge in [-0.15, -0.1) is 5.06 Å². The van der Waals surface area contributed by atoms with Gasteiger partial charge in [0.05, 0.1) is 6.10 Å². The minimum atomic E-state index is -0.173. The van der Waals surface area contributed by atoms with Crippen LogP contribution in [0.2, 0.25) is 0 Å². The molecule has 1 saturated heterocycles. The van der Waals surface area contributed by atoms with E-state index in [0.717, 1.165) is 25.7 Å². The third-order valence-corrected chi connectivity index (χ3v) is 5.17. The fourth-order valence-corrected chi connectivity index (χ4v) is 3.59. The van der Waals surface area contributed by atoms with Gasteiger partial charge in [-0.3, -0.25) is 4.79 Å². The zero-order chi connectivity index (χ0) is 19.8. The SMILES string of the molecule is CCCc1ccc(C(OC2CCN(OC(=O)CC)CC2)c2ccccc2)cc1. The number of benzene rings is 2. The third kappa shape index (κ3) is 5.66. The van der Waals surface area contributed by atoms with E-state index in [1.807, 2.05) is 13.0 Å². The lowest BCUT2D eigenvalue weighted by Crippen LogP contribution is -2.38. The van der Waals surface area contributed by atoms with Crippen molar-refractivity contribution in [2.45, 2.75) is 58.2 Å².